The van der Waals surface area contributed by atoms with E-state index in [4.69, 9.17) is 0 Å². The first-order chi connectivity index (χ1) is 15.7. The highest BCUT2D eigenvalue weighted by Gasteiger charge is 2.04. The number of aryl methyl sites for hydroxylation is 2. The summed E-state index contributed by atoms with van der Waals surface area (Å²) < 4.78 is 0. The van der Waals surface area contributed by atoms with Crippen LogP contribution in [0.1, 0.15) is 40.3 Å². The first-order valence-electron chi connectivity index (χ1n) is 11.2. The van der Waals surface area contributed by atoms with Gasteiger partial charge in [-0.05, 0) is 58.9 Å². The fourth-order valence-electron chi connectivity index (χ4n) is 3.69. The molecule has 0 aliphatic heterocycles. The summed E-state index contributed by atoms with van der Waals surface area (Å²) in [6.45, 7) is 4.35. The lowest BCUT2D eigenvalue weighted by Gasteiger charge is -2.14. The SMILES string of the molecule is CCc1cccc(C)c1Nc1ccc(/C=C/c2ccc(/C=C/c3ccccc3)cc2)cc1. The van der Waals surface area contributed by atoms with Crippen LogP contribution >= 0.6 is 0 Å². The topological polar surface area (TPSA) is 12.0 Å². The molecule has 0 saturated heterocycles. The number of rotatable bonds is 7. The number of hydrogen-bond donors (Lipinski definition) is 1. The molecule has 4 aromatic rings. The van der Waals surface area contributed by atoms with Crippen molar-refractivity contribution in [3.8, 4) is 0 Å². The second-order valence-corrected chi connectivity index (χ2v) is 7.95. The third-order valence-electron chi connectivity index (χ3n) is 5.59. The molecule has 0 spiro atoms. The van der Waals surface area contributed by atoms with E-state index in [1.807, 2.05) is 6.07 Å². The summed E-state index contributed by atoms with van der Waals surface area (Å²) in [5, 5.41) is 3.59. The van der Waals surface area contributed by atoms with Crippen molar-refractivity contribution in [2.45, 2.75) is 20.3 Å². The highest BCUT2D eigenvalue weighted by molar-refractivity contribution is 5.74. The van der Waals surface area contributed by atoms with E-state index in [-0.39, 0.29) is 0 Å². The van der Waals surface area contributed by atoms with Gasteiger partial charge in [0.15, 0.2) is 0 Å². The van der Waals surface area contributed by atoms with Crippen LogP contribution in [0.5, 0.6) is 0 Å². The quantitative estimate of drug-likeness (QED) is 0.298. The lowest BCUT2D eigenvalue weighted by atomic mass is 10.1. The standard InChI is InChI=1S/C31H29N/c1-3-29-11-7-8-24(2)31(29)32-30-22-20-28(21-23-30)19-18-27-16-14-26(15-17-27)13-12-25-9-5-4-6-10-25/h4-23,32H,3H2,1-2H3/b13-12+,19-18+. The molecule has 0 radical (unpaired) electrons. The van der Waals surface area contributed by atoms with E-state index in [1.54, 1.807) is 0 Å². The summed E-state index contributed by atoms with van der Waals surface area (Å²) in [6, 6.07) is 34.0. The summed E-state index contributed by atoms with van der Waals surface area (Å²) in [7, 11) is 0. The molecule has 0 aliphatic rings. The molecule has 4 aromatic carbocycles. The van der Waals surface area contributed by atoms with E-state index in [1.165, 1.54) is 39.1 Å². The molecule has 0 fully saturated rings. The largest absolute Gasteiger partial charge is 0.355 e. The predicted octanol–water partition coefficient (Wildman–Crippen LogP) is 8.64. The fraction of sp³-hybridized carbons (Fsp3) is 0.0968. The van der Waals surface area contributed by atoms with Gasteiger partial charge in [0.05, 0.1) is 0 Å². The number of hydrogen-bond acceptors (Lipinski definition) is 1. The summed E-state index contributed by atoms with van der Waals surface area (Å²) in [6.07, 6.45) is 9.62. The molecular weight excluding hydrogens is 386 g/mol. The van der Waals surface area contributed by atoms with E-state index in [2.05, 4.69) is 134 Å². The van der Waals surface area contributed by atoms with Crippen LogP contribution in [0.2, 0.25) is 0 Å². The van der Waals surface area contributed by atoms with Crippen molar-refractivity contribution in [2.24, 2.45) is 0 Å². The van der Waals surface area contributed by atoms with E-state index in [0.29, 0.717) is 0 Å². The third kappa shape index (κ3) is 5.65. The molecule has 32 heavy (non-hydrogen) atoms. The van der Waals surface area contributed by atoms with Crippen molar-refractivity contribution in [3.63, 3.8) is 0 Å². The Bertz CT molecular complexity index is 1200. The van der Waals surface area contributed by atoms with Crippen molar-refractivity contribution in [3.05, 3.63) is 130 Å². The predicted molar refractivity (Wildman–Crippen MR) is 141 cm³/mol. The van der Waals surface area contributed by atoms with Crippen LogP contribution < -0.4 is 5.32 Å². The van der Waals surface area contributed by atoms with Crippen molar-refractivity contribution in [1.82, 2.24) is 0 Å². The molecule has 4 rings (SSSR count). The van der Waals surface area contributed by atoms with Gasteiger partial charge in [-0.25, -0.2) is 0 Å². The average molecular weight is 416 g/mol. The second kappa shape index (κ2) is 10.5. The van der Waals surface area contributed by atoms with E-state index in [9.17, 15) is 0 Å². The lowest BCUT2D eigenvalue weighted by molar-refractivity contribution is 1.13. The first-order valence-corrected chi connectivity index (χ1v) is 11.2. The van der Waals surface area contributed by atoms with Crippen LogP contribution in [-0.4, -0.2) is 0 Å². The minimum atomic E-state index is 1.02. The minimum absolute atomic E-state index is 1.02. The molecule has 0 aliphatic carbocycles. The van der Waals surface area contributed by atoms with Gasteiger partial charge in [-0.2, -0.15) is 0 Å². The van der Waals surface area contributed by atoms with E-state index < -0.39 is 0 Å². The highest BCUT2D eigenvalue weighted by Crippen LogP contribution is 2.26. The summed E-state index contributed by atoms with van der Waals surface area (Å²) in [5.41, 5.74) is 9.74. The molecule has 0 aromatic heterocycles. The van der Waals surface area contributed by atoms with Crippen molar-refractivity contribution < 1.29 is 0 Å². The Morgan fingerprint density at radius 2 is 1.06 bits per heavy atom. The van der Waals surface area contributed by atoms with Crippen molar-refractivity contribution in [1.29, 1.82) is 0 Å². The lowest BCUT2D eigenvalue weighted by Crippen LogP contribution is -1.97. The number of benzene rings is 4. The zero-order chi connectivity index (χ0) is 22.2. The molecule has 0 atom stereocenters. The first kappa shape index (κ1) is 21.4. The average Bonchev–Trinajstić information content (AvgIpc) is 2.85. The van der Waals surface area contributed by atoms with Gasteiger partial charge in [-0.3, -0.25) is 0 Å². The monoisotopic (exact) mass is 415 g/mol. The zero-order valence-electron chi connectivity index (χ0n) is 18.8. The molecule has 0 heterocycles. The normalized spacial score (nSPS) is 11.3. The highest BCUT2D eigenvalue weighted by atomic mass is 14.9. The van der Waals surface area contributed by atoms with Gasteiger partial charge < -0.3 is 5.32 Å². The Morgan fingerprint density at radius 3 is 1.59 bits per heavy atom. The van der Waals surface area contributed by atoms with E-state index in [0.717, 1.165) is 12.1 Å². The maximum atomic E-state index is 3.59. The molecule has 1 nitrogen and oxygen atoms in total. The molecule has 158 valence electrons. The smallest absolute Gasteiger partial charge is 0.0446 e. The van der Waals surface area contributed by atoms with Crippen LogP contribution in [-0.2, 0) is 6.42 Å². The zero-order valence-corrected chi connectivity index (χ0v) is 18.8. The Morgan fingerprint density at radius 1 is 0.562 bits per heavy atom. The Balaban J connectivity index is 1.39. The third-order valence-corrected chi connectivity index (χ3v) is 5.59. The van der Waals surface area contributed by atoms with Gasteiger partial charge in [0.25, 0.3) is 0 Å². The Hall–Kier alpha value is -3.84. The fourth-order valence-corrected chi connectivity index (χ4v) is 3.69. The number of anilines is 2. The molecule has 1 N–H and O–H groups in total. The van der Waals surface area contributed by atoms with Crippen molar-refractivity contribution >= 4 is 35.7 Å². The van der Waals surface area contributed by atoms with Crippen LogP contribution in [0.4, 0.5) is 11.4 Å². The molecule has 1 heteroatoms. The molecule has 0 amide bonds. The van der Waals surface area contributed by atoms with Gasteiger partial charge in [-0.1, -0.05) is 116 Å². The van der Waals surface area contributed by atoms with Gasteiger partial charge in [0.1, 0.15) is 0 Å². The molecule has 0 saturated carbocycles. The van der Waals surface area contributed by atoms with Crippen LogP contribution in [0.25, 0.3) is 24.3 Å². The molecular formula is C31H29N. The maximum absolute atomic E-state index is 3.59. The Kier molecular flexibility index (Phi) is 6.99. The maximum Gasteiger partial charge on any atom is 0.0446 e. The van der Waals surface area contributed by atoms with Crippen LogP contribution in [0, 0.1) is 6.92 Å². The summed E-state index contributed by atoms with van der Waals surface area (Å²) in [5.74, 6) is 0. The van der Waals surface area contributed by atoms with Crippen molar-refractivity contribution in [2.75, 3.05) is 5.32 Å². The molecule has 0 unspecified atom stereocenters. The minimum Gasteiger partial charge on any atom is -0.355 e. The van der Waals surface area contributed by atoms with Crippen LogP contribution in [0.3, 0.4) is 0 Å². The summed E-state index contributed by atoms with van der Waals surface area (Å²) >= 11 is 0. The number of nitrogens with one attached hydrogen (secondary N) is 1. The van der Waals surface area contributed by atoms with Gasteiger partial charge >= 0.3 is 0 Å². The van der Waals surface area contributed by atoms with Gasteiger partial charge in [-0.15, -0.1) is 0 Å². The van der Waals surface area contributed by atoms with Crippen LogP contribution in [0.15, 0.2) is 97.1 Å². The van der Waals surface area contributed by atoms with Gasteiger partial charge in [0.2, 0.25) is 0 Å². The summed E-state index contributed by atoms with van der Waals surface area (Å²) in [4.78, 5) is 0. The molecule has 0 bridgehead atoms. The Labute approximate surface area is 191 Å². The second-order valence-electron chi connectivity index (χ2n) is 7.95. The van der Waals surface area contributed by atoms with Gasteiger partial charge in [0, 0.05) is 11.4 Å². The number of para-hydroxylation sites is 1. The van der Waals surface area contributed by atoms with E-state index >= 15 is 0 Å².